The molecule has 1 aromatic rings. The Morgan fingerprint density at radius 2 is 2.05 bits per heavy atom. The third kappa shape index (κ3) is 4.32. The van der Waals surface area contributed by atoms with Crippen molar-refractivity contribution >= 4 is 17.5 Å². The molecule has 2 unspecified atom stereocenters. The van der Waals surface area contributed by atoms with Crippen molar-refractivity contribution < 1.29 is 9.59 Å². The molecule has 5 nitrogen and oxygen atoms in total. The molecule has 1 aliphatic rings. The van der Waals surface area contributed by atoms with Crippen LogP contribution in [-0.4, -0.2) is 18.4 Å². The van der Waals surface area contributed by atoms with Gasteiger partial charge in [-0.05, 0) is 37.0 Å². The summed E-state index contributed by atoms with van der Waals surface area (Å²) in [5.41, 5.74) is 1.09. The van der Waals surface area contributed by atoms with Crippen molar-refractivity contribution in [2.24, 2.45) is 17.8 Å². The molecule has 1 saturated carbocycles. The lowest BCUT2D eigenvalue weighted by Crippen LogP contribution is -2.28. The Balaban J connectivity index is 1.80. The van der Waals surface area contributed by atoms with Crippen LogP contribution in [0.2, 0.25) is 0 Å². The molecule has 1 fully saturated rings. The summed E-state index contributed by atoms with van der Waals surface area (Å²) in [5, 5.41) is 14.5. The summed E-state index contributed by atoms with van der Waals surface area (Å²) in [6, 6.07) is 8.78. The molecular formula is C17H21N3O2. The minimum absolute atomic E-state index is 0.0356. The molecule has 2 atom stereocenters. The molecule has 0 aromatic heterocycles. The smallest absolute Gasteiger partial charge is 0.228 e. The summed E-state index contributed by atoms with van der Waals surface area (Å²) in [4.78, 5) is 24.0. The van der Waals surface area contributed by atoms with Crippen LogP contribution in [0, 0.1) is 29.1 Å². The molecule has 0 radical (unpaired) electrons. The molecule has 1 aromatic carbocycles. The molecule has 0 heterocycles. The van der Waals surface area contributed by atoms with Crippen molar-refractivity contribution in [1.82, 2.24) is 5.32 Å². The number of anilines is 1. The Hall–Kier alpha value is -2.35. The number of amides is 2. The van der Waals surface area contributed by atoms with Gasteiger partial charge in [0.2, 0.25) is 11.8 Å². The minimum atomic E-state index is -0.259. The van der Waals surface area contributed by atoms with Crippen LogP contribution in [0.15, 0.2) is 24.3 Å². The number of hydrogen-bond donors (Lipinski definition) is 2. The van der Waals surface area contributed by atoms with Crippen LogP contribution in [0.25, 0.3) is 0 Å². The van der Waals surface area contributed by atoms with Gasteiger partial charge in [0.25, 0.3) is 0 Å². The van der Waals surface area contributed by atoms with Crippen molar-refractivity contribution in [3.05, 3.63) is 29.8 Å². The number of carbonyl (C=O) groups excluding carboxylic acids is 2. The highest BCUT2D eigenvalue weighted by atomic mass is 16.2. The second-order valence-electron chi connectivity index (χ2n) is 6.10. The summed E-state index contributed by atoms with van der Waals surface area (Å²) in [7, 11) is 0. The second kappa shape index (κ2) is 7.08. The van der Waals surface area contributed by atoms with E-state index < -0.39 is 0 Å². The van der Waals surface area contributed by atoms with Gasteiger partial charge in [-0.1, -0.05) is 19.9 Å². The predicted molar refractivity (Wildman–Crippen MR) is 83.8 cm³/mol. The fourth-order valence-corrected chi connectivity index (χ4v) is 2.29. The summed E-state index contributed by atoms with van der Waals surface area (Å²) >= 11 is 0. The molecule has 2 N–H and O–H groups in total. The van der Waals surface area contributed by atoms with Gasteiger partial charge in [-0.2, -0.15) is 5.26 Å². The third-order valence-corrected chi connectivity index (χ3v) is 3.74. The van der Waals surface area contributed by atoms with Crippen LogP contribution in [-0.2, 0) is 9.59 Å². The van der Waals surface area contributed by atoms with Gasteiger partial charge in [0.05, 0.1) is 23.5 Å². The maximum Gasteiger partial charge on any atom is 0.228 e. The van der Waals surface area contributed by atoms with Gasteiger partial charge in [-0.15, -0.1) is 0 Å². The van der Waals surface area contributed by atoms with Gasteiger partial charge in [0.1, 0.15) is 0 Å². The number of nitrogens with one attached hydrogen (secondary N) is 2. The van der Waals surface area contributed by atoms with Crippen molar-refractivity contribution in [2.75, 3.05) is 11.9 Å². The van der Waals surface area contributed by atoms with E-state index in [-0.39, 0.29) is 23.7 Å². The third-order valence-electron chi connectivity index (χ3n) is 3.74. The Kier molecular flexibility index (Phi) is 5.16. The van der Waals surface area contributed by atoms with Crippen molar-refractivity contribution in [1.29, 1.82) is 5.26 Å². The first-order chi connectivity index (χ1) is 10.5. The average molecular weight is 299 g/mol. The van der Waals surface area contributed by atoms with E-state index >= 15 is 0 Å². The van der Waals surface area contributed by atoms with E-state index in [1.165, 1.54) is 0 Å². The van der Waals surface area contributed by atoms with Gasteiger partial charge in [-0.3, -0.25) is 9.59 Å². The molecule has 116 valence electrons. The van der Waals surface area contributed by atoms with E-state index in [0.29, 0.717) is 30.1 Å². The fourth-order valence-electron chi connectivity index (χ4n) is 2.29. The number of nitrogens with zero attached hydrogens (tertiary/aromatic N) is 1. The highest BCUT2D eigenvalue weighted by Crippen LogP contribution is 2.39. The summed E-state index contributed by atoms with van der Waals surface area (Å²) in [5.74, 6) is -0.118. The molecule has 0 saturated heterocycles. The maximum atomic E-state index is 12.1. The lowest BCUT2D eigenvalue weighted by molar-refractivity contribution is -0.125. The van der Waals surface area contributed by atoms with Gasteiger partial charge in [-0.25, -0.2) is 0 Å². The first-order valence-electron chi connectivity index (χ1n) is 7.60. The van der Waals surface area contributed by atoms with Crippen LogP contribution in [0.4, 0.5) is 5.69 Å². The Labute approximate surface area is 130 Å². The van der Waals surface area contributed by atoms with Crippen LogP contribution in [0.3, 0.4) is 0 Å². The number of benzene rings is 1. The molecule has 0 spiro atoms. The second-order valence-corrected chi connectivity index (χ2v) is 6.10. The largest absolute Gasteiger partial charge is 0.356 e. The molecular weight excluding hydrogens is 278 g/mol. The topological polar surface area (TPSA) is 82.0 Å². The summed E-state index contributed by atoms with van der Waals surface area (Å²) in [6.07, 6.45) is 1.54. The van der Waals surface area contributed by atoms with E-state index in [4.69, 9.17) is 5.26 Å². The van der Waals surface area contributed by atoms with Crippen molar-refractivity contribution in [3.8, 4) is 6.07 Å². The van der Waals surface area contributed by atoms with Crippen LogP contribution in [0.1, 0.15) is 32.3 Å². The van der Waals surface area contributed by atoms with E-state index in [1.54, 1.807) is 24.3 Å². The first kappa shape index (κ1) is 16.0. The average Bonchev–Trinajstić information content (AvgIpc) is 3.27. The van der Waals surface area contributed by atoms with Gasteiger partial charge >= 0.3 is 0 Å². The Morgan fingerprint density at radius 3 is 2.73 bits per heavy atom. The molecule has 5 heteroatoms. The summed E-state index contributed by atoms with van der Waals surface area (Å²) < 4.78 is 0. The Morgan fingerprint density at radius 1 is 1.32 bits per heavy atom. The van der Waals surface area contributed by atoms with Gasteiger partial charge in [0, 0.05) is 12.2 Å². The summed E-state index contributed by atoms with van der Waals surface area (Å²) in [6.45, 7) is 4.87. The monoisotopic (exact) mass is 299 g/mol. The maximum absolute atomic E-state index is 12.1. The molecule has 22 heavy (non-hydrogen) atoms. The zero-order valence-corrected chi connectivity index (χ0v) is 12.9. The molecule has 2 amide bonds. The zero-order valence-electron chi connectivity index (χ0n) is 12.9. The quantitative estimate of drug-likeness (QED) is 0.845. The standard InChI is InChI=1S/C17H21N3O2/c1-11(2)6-7-19-16(21)14-9-15(14)17(22)20-13-5-3-4-12(8-13)10-18/h3-5,8,11,14-15H,6-7,9H2,1-2H3,(H,19,21)(H,20,22). The van der Waals surface area contributed by atoms with Gasteiger partial charge < -0.3 is 10.6 Å². The van der Waals surface area contributed by atoms with Crippen molar-refractivity contribution in [3.63, 3.8) is 0 Å². The highest BCUT2D eigenvalue weighted by Gasteiger charge is 2.47. The first-order valence-corrected chi connectivity index (χ1v) is 7.60. The molecule has 0 bridgehead atoms. The molecule has 0 aliphatic heterocycles. The van der Waals surface area contributed by atoms with Crippen LogP contribution in [0.5, 0.6) is 0 Å². The Bertz CT molecular complexity index is 604. The lowest BCUT2D eigenvalue weighted by atomic mass is 10.1. The fraction of sp³-hybridized carbons (Fsp3) is 0.471. The molecule has 2 rings (SSSR count). The zero-order chi connectivity index (χ0) is 16.1. The lowest BCUT2D eigenvalue weighted by Gasteiger charge is -2.07. The number of rotatable bonds is 6. The number of carbonyl (C=O) groups is 2. The predicted octanol–water partition coefficient (Wildman–Crippen LogP) is 2.30. The van der Waals surface area contributed by atoms with Gasteiger partial charge in [0.15, 0.2) is 0 Å². The van der Waals surface area contributed by atoms with E-state index in [9.17, 15) is 9.59 Å². The minimum Gasteiger partial charge on any atom is -0.356 e. The number of nitriles is 1. The van der Waals surface area contributed by atoms with E-state index in [2.05, 4.69) is 24.5 Å². The molecule has 1 aliphatic carbocycles. The van der Waals surface area contributed by atoms with E-state index in [1.807, 2.05) is 6.07 Å². The van der Waals surface area contributed by atoms with Crippen LogP contribution < -0.4 is 10.6 Å². The highest BCUT2D eigenvalue weighted by molar-refractivity contribution is 5.99. The number of hydrogen-bond acceptors (Lipinski definition) is 3. The van der Waals surface area contributed by atoms with Crippen LogP contribution >= 0.6 is 0 Å². The van der Waals surface area contributed by atoms with E-state index in [0.717, 1.165) is 6.42 Å². The normalized spacial score (nSPS) is 19.4. The van der Waals surface area contributed by atoms with Crippen molar-refractivity contribution in [2.45, 2.75) is 26.7 Å². The SMILES string of the molecule is CC(C)CCNC(=O)C1CC1C(=O)Nc1cccc(C#N)c1.